The Morgan fingerprint density at radius 2 is 2.03 bits per heavy atom. The number of nitrogens with zero attached hydrogens (tertiary/aromatic N) is 6. The van der Waals surface area contributed by atoms with Gasteiger partial charge in [-0.3, -0.25) is 4.90 Å². The Bertz CT molecular complexity index is 1190. The normalized spacial score (nSPS) is 30.1. The summed E-state index contributed by atoms with van der Waals surface area (Å²) in [7, 11) is 0. The van der Waals surface area contributed by atoms with E-state index in [-0.39, 0.29) is 17.7 Å². The molecule has 0 N–H and O–H groups in total. The highest BCUT2D eigenvalue weighted by molar-refractivity contribution is 9.11. The van der Waals surface area contributed by atoms with Crippen molar-refractivity contribution in [2.45, 2.75) is 76.2 Å². The third-order valence-corrected chi connectivity index (χ3v) is 9.47. The molecule has 0 spiro atoms. The van der Waals surface area contributed by atoms with Crippen LogP contribution in [0.3, 0.4) is 0 Å². The Morgan fingerprint density at radius 1 is 1.19 bits per heavy atom. The lowest BCUT2D eigenvalue weighted by Gasteiger charge is -2.37. The quantitative estimate of drug-likeness (QED) is 0.505. The topological polar surface area (TPSA) is 83.9 Å². The van der Waals surface area contributed by atoms with Gasteiger partial charge in [-0.2, -0.15) is 9.97 Å². The Labute approximate surface area is 228 Å². The van der Waals surface area contributed by atoms with Crippen molar-refractivity contribution in [1.82, 2.24) is 24.8 Å². The van der Waals surface area contributed by atoms with Gasteiger partial charge in [-0.1, -0.05) is 11.3 Å². The van der Waals surface area contributed by atoms with Gasteiger partial charge in [0, 0.05) is 32.6 Å². The van der Waals surface area contributed by atoms with Gasteiger partial charge in [0.25, 0.3) is 0 Å². The first kappa shape index (κ1) is 25.5. The van der Waals surface area contributed by atoms with E-state index in [4.69, 9.17) is 14.5 Å². The van der Waals surface area contributed by atoms with Gasteiger partial charge < -0.3 is 19.3 Å². The first-order valence-corrected chi connectivity index (χ1v) is 14.8. The summed E-state index contributed by atoms with van der Waals surface area (Å²) in [4.78, 5) is 34.3. The number of fused-ring (bicyclic) bond motifs is 6. The zero-order chi connectivity index (χ0) is 25.9. The minimum atomic E-state index is -0.805. The minimum absolute atomic E-state index is 0.0379. The lowest BCUT2D eigenvalue weighted by atomic mass is 9.95. The molecule has 0 radical (unpaired) electrons. The first-order chi connectivity index (χ1) is 17.6. The molecule has 5 fully saturated rings. The van der Waals surface area contributed by atoms with Crippen LogP contribution in [-0.2, 0) is 4.74 Å². The lowest BCUT2D eigenvalue weighted by molar-refractivity contribution is 0.00809. The molecule has 37 heavy (non-hydrogen) atoms. The number of alkyl halides is 1. The van der Waals surface area contributed by atoms with Gasteiger partial charge in [0.15, 0.2) is 14.6 Å². The highest BCUT2D eigenvalue weighted by Gasteiger charge is 2.49. The number of hydrogen-bond donors (Lipinski definition) is 0. The number of thiazole rings is 1. The molecule has 2 bridgehead atoms. The molecule has 0 aromatic carbocycles. The third kappa shape index (κ3) is 5.01. The largest absolute Gasteiger partial charge is 0.461 e. The van der Waals surface area contributed by atoms with E-state index in [0.717, 1.165) is 58.9 Å². The fourth-order valence-corrected chi connectivity index (χ4v) is 7.79. The number of anilines is 1. The van der Waals surface area contributed by atoms with Crippen LogP contribution in [0, 0.1) is 5.92 Å². The van der Waals surface area contributed by atoms with Crippen LogP contribution in [0.4, 0.5) is 15.0 Å². The van der Waals surface area contributed by atoms with Crippen LogP contribution >= 0.6 is 27.3 Å². The molecule has 5 aliphatic heterocycles. The smallest absolute Gasteiger partial charge is 0.410 e. The van der Waals surface area contributed by atoms with Gasteiger partial charge >= 0.3 is 12.1 Å². The number of amides is 1. The van der Waals surface area contributed by atoms with E-state index >= 15 is 0 Å². The summed E-state index contributed by atoms with van der Waals surface area (Å²) in [6.07, 6.45) is 3.44. The third-order valence-electron chi connectivity index (χ3n) is 8.07. The summed E-state index contributed by atoms with van der Waals surface area (Å²) in [6, 6.07) is 0.346. The van der Waals surface area contributed by atoms with E-state index in [1.807, 2.05) is 25.7 Å². The minimum Gasteiger partial charge on any atom is -0.461 e. The summed E-state index contributed by atoms with van der Waals surface area (Å²) in [5.41, 5.74) is -0.0579. The number of halogens is 2. The van der Waals surface area contributed by atoms with Gasteiger partial charge in [-0.25, -0.2) is 14.2 Å². The van der Waals surface area contributed by atoms with Crippen LogP contribution in [0.1, 0.15) is 52.9 Å². The highest BCUT2D eigenvalue weighted by Crippen LogP contribution is 2.41. The molecule has 5 saturated heterocycles. The predicted octanol–water partition coefficient (Wildman–Crippen LogP) is 4.64. The van der Waals surface area contributed by atoms with Crippen molar-refractivity contribution in [2.75, 3.05) is 44.2 Å². The van der Waals surface area contributed by atoms with Crippen molar-refractivity contribution >= 4 is 49.5 Å². The molecular formula is C25H34BrFN6O3S. The molecule has 1 amide bonds. The molecule has 7 rings (SSSR count). The summed E-state index contributed by atoms with van der Waals surface area (Å²) in [5, 5.41) is 0. The molecule has 0 saturated carbocycles. The Hall–Kier alpha value is -1.79. The van der Waals surface area contributed by atoms with E-state index in [2.05, 4.69) is 35.7 Å². The zero-order valence-electron chi connectivity index (χ0n) is 21.6. The number of rotatable bonds is 4. The maximum absolute atomic E-state index is 14.2. The molecule has 0 unspecified atom stereocenters. The fourth-order valence-electron chi connectivity index (χ4n) is 6.50. The molecule has 202 valence electrons. The standard InChI is InChI=1S/C25H34BrFN6O3S/c1-24(2,3)36-23(34)33-11-15-5-6-17(33)13-31(10-15)19-18-20(37-21(26)28-18)30-22(29-19)35-14-25-7-4-8-32(25)12-16(27)9-25/h15-17H,4-14H2,1-3H3/t15-,16+,17+,25-/m0/s1. The molecule has 9 nitrogen and oxygen atoms in total. The average Bonchev–Trinajstić information content (AvgIpc) is 3.36. The van der Waals surface area contributed by atoms with Crippen molar-refractivity contribution in [3.05, 3.63) is 3.92 Å². The zero-order valence-corrected chi connectivity index (χ0v) is 24.0. The SMILES string of the molecule is CC(C)(C)OC(=O)N1C[C@H]2CC[C@@H]1CN(c1nc(OC[C@@]34CCCN3C[C@H](F)C4)nc3sc(Br)nc13)C2. The molecule has 12 heteroatoms. The molecular weight excluding hydrogens is 563 g/mol. The van der Waals surface area contributed by atoms with Crippen LogP contribution in [0.15, 0.2) is 3.92 Å². The average molecular weight is 598 g/mol. The molecule has 2 aromatic heterocycles. The van der Waals surface area contributed by atoms with Crippen LogP contribution in [0.2, 0.25) is 0 Å². The van der Waals surface area contributed by atoms with E-state index in [1.54, 1.807) is 0 Å². The van der Waals surface area contributed by atoms with Crippen LogP contribution in [0.25, 0.3) is 10.3 Å². The van der Waals surface area contributed by atoms with Crippen molar-refractivity contribution in [3.63, 3.8) is 0 Å². The Morgan fingerprint density at radius 3 is 2.84 bits per heavy atom. The van der Waals surface area contributed by atoms with E-state index in [0.29, 0.717) is 44.6 Å². The molecule has 7 heterocycles. The van der Waals surface area contributed by atoms with Crippen molar-refractivity contribution in [3.8, 4) is 6.01 Å². The monoisotopic (exact) mass is 596 g/mol. The number of carbonyl (C=O) groups excluding carboxylic acids is 1. The predicted molar refractivity (Wildman–Crippen MR) is 143 cm³/mol. The van der Waals surface area contributed by atoms with Gasteiger partial charge in [-0.15, -0.1) is 0 Å². The van der Waals surface area contributed by atoms with E-state index in [9.17, 15) is 9.18 Å². The van der Waals surface area contributed by atoms with Gasteiger partial charge in [0.2, 0.25) is 0 Å². The fraction of sp³-hybridized carbons (Fsp3) is 0.760. The van der Waals surface area contributed by atoms with Crippen LogP contribution < -0.4 is 9.64 Å². The van der Waals surface area contributed by atoms with E-state index in [1.165, 1.54) is 11.3 Å². The maximum Gasteiger partial charge on any atom is 0.410 e. The van der Waals surface area contributed by atoms with Crippen molar-refractivity contribution in [1.29, 1.82) is 0 Å². The number of piperidine rings is 1. The second kappa shape index (κ2) is 9.44. The van der Waals surface area contributed by atoms with Gasteiger partial charge in [0.05, 0.1) is 11.6 Å². The Balaban J connectivity index is 1.26. The summed E-state index contributed by atoms with van der Waals surface area (Å²) < 4.78 is 26.9. The summed E-state index contributed by atoms with van der Waals surface area (Å²) in [5.74, 6) is 1.05. The van der Waals surface area contributed by atoms with Gasteiger partial charge in [0.1, 0.15) is 23.9 Å². The second-order valence-corrected chi connectivity index (χ2v) is 14.2. The number of hydrogen-bond acceptors (Lipinski definition) is 9. The number of aromatic nitrogens is 3. The molecule has 2 aromatic rings. The summed E-state index contributed by atoms with van der Waals surface area (Å²) in [6.45, 7) is 9.59. The second-order valence-electron chi connectivity index (χ2n) is 11.9. The first-order valence-electron chi connectivity index (χ1n) is 13.2. The summed E-state index contributed by atoms with van der Waals surface area (Å²) >= 11 is 4.96. The van der Waals surface area contributed by atoms with Crippen LogP contribution in [0.5, 0.6) is 6.01 Å². The molecule has 4 atom stereocenters. The number of ether oxygens (including phenoxy) is 2. The van der Waals surface area contributed by atoms with E-state index < -0.39 is 11.8 Å². The van der Waals surface area contributed by atoms with Gasteiger partial charge in [-0.05, 0) is 74.8 Å². The van der Waals surface area contributed by atoms with Crippen molar-refractivity contribution < 1.29 is 18.7 Å². The molecule has 5 aliphatic rings. The van der Waals surface area contributed by atoms with Crippen molar-refractivity contribution in [2.24, 2.45) is 5.92 Å². The lowest BCUT2D eigenvalue weighted by Crippen LogP contribution is -2.49. The highest BCUT2D eigenvalue weighted by atomic mass is 79.9. The van der Waals surface area contributed by atoms with Crippen LogP contribution in [-0.4, -0.2) is 93.5 Å². The number of carbonyl (C=O) groups is 1. The maximum atomic E-state index is 14.2. The Kier molecular flexibility index (Phi) is 6.50. The molecule has 0 aliphatic carbocycles.